The van der Waals surface area contributed by atoms with Crippen LogP contribution in [0.2, 0.25) is 0 Å². The number of carbonyl (C=O) groups is 1. The summed E-state index contributed by atoms with van der Waals surface area (Å²) in [5, 5.41) is 12.2. The number of furan rings is 1. The Labute approximate surface area is 170 Å². The zero-order chi connectivity index (χ0) is 20.3. The smallest absolute Gasteiger partial charge is 0.338 e. The van der Waals surface area contributed by atoms with E-state index in [1.807, 2.05) is 41.1 Å². The van der Waals surface area contributed by atoms with Crippen molar-refractivity contribution < 1.29 is 18.5 Å². The van der Waals surface area contributed by atoms with E-state index in [1.165, 1.54) is 0 Å². The molecule has 0 N–H and O–H groups in total. The first-order chi connectivity index (χ1) is 14.8. The average molecular weight is 400 g/mol. The van der Waals surface area contributed by atoms with E-state index in [-0.39, 0.29) is 6.61 Å². The summed E-state index contributed by atoms with van der Waals surface area (Å²) >= 11 is 0. The van der Waals surface area contributed by atoms with Gasteiger partial charge in [-0.25, -0.2) is 9.48 Å². The molecule has 0 aliphatic rings. The molecule has 30 heavy (non-hydrogen) atoms. The van der Waals surface area contributed by atoms with E-state index >= 15 is 0 Å². The fraction of sp³-hybridized carbons (Fsp3) is 0.0909. The molecule has 5 rings (SSSR count). The number of benzene rings is 2. The monoisotopic (exact) mass is 400 g/mol. The van der Waals surface area contributed by atoms with E-state index in [1.54, 1.807) is 36.6 Å². The van der Waals surface area contributed by atoms with Crippen LogP contribution in [-0.4, -0.2) is 26.1 Å². The summed E-state index contributed by atoms with van der Waals surface area (Å²) in [7, 11) is 0. The van der Waals surface area contributed by atoms with Gasteiger partial charge in [0.25, 0.3) is 0 Å². The summed E-state index contributed by atoms with van der Waals surface area (Å²) in [4.78, 5) is 12.3. The Hall–Kier alpha value is -4.20. The van der Waals surface area contributed by atoms with Gasteiger partial charge in [-0.15, -0.1) is 5.10 Å². The zero-order valence-electron chi connectivity index (χ0n) is 15.8. The van der Waals surface area contributed by atoms with Gasteiger partial charge in [0.1, 0.15) is 17.8 Å². The van der Waals surface area contributed by atoms with E-state index in [2.05, 4.69) is 15.5 Å². The van der Waals surface area contributed by atoms with E-state index < -0.39 is 5.97 Å². The van der Waals surface area contributed by atoms with Crippen LogP contribution in [0.3, 0.4) is 0 Å². The highest BCUT2D eigenvalue weighted by atomic mass is 16.5. The number of fused-ring (bicyclic) bond motifs is 1. The molecule has 0 unspecified atom stereocenters. The fourth-order valence-electron chi connectivity index (χ4n) is 3.09. The van der Waals surface area contributed by atoms with Crippen molar-refractivity contribution in [2.45, 2.75) is 13.2 Å². The molecule has 0 aliphatic carbocycles. The minimum atomic E-state index is -0.435. The van der Waals surface area contributed by atoms with Crippen molar-refractivity contribution in [1.29, 1.82) is 0 Å². The Kier molecular flexibility index (Phi) is 4.57. The van der Waals surface area contributed by atoms with Crippen LogP contribution in [-0.2, 0) is 17.9 Å². The number of ether oxygens (including phenoxy) is 1. The Morgan fingerprint density at radius 2 is 1.87 bits per heavy atom. The van der Waals surface area contributed by atoms with Crippen molar-refractivity contribution >= 4 is 17.0 Å². The van der Waals surface area contributed by atoms with E-state index in [0.717, 1.165) is 16.6 Å². The van der Waals surface area contributed by atoms with Gasteiger partial charge in [0.2, 0.25) is 5.76 Å². The SMILES string of the molecule is O=C(OCc1cc(-c2ccco2)on1)c1ccc(Cn2nnc3ccccc32)cc1. The summed E-state index contributed by atoms with van der Waals surface area (Å²) < 4.78 is 17.6. The third kappa shape index (κ3) is 3.58. The maximum atomic E-state index is 12.3. The lowest BCUT2D eigenvalue weighted by molar-refractivity contribution is 0.0464. The van der Waals surface area contributed by atoms with Gasteiger partial charge in [-0.05, 0) is 42.0 Å². The van der Waals surface area contributed by atoms with Crippen LogP contribution in [0, 0.1) is 0 Å². The summed E-state index contributed by atoms with van der Waals surface area (Å²) in [5.41, 5.74) is 3.77. The molecule has 0 fully saturated rings. The molecule has 0 spiro atoms. The molecular formula is C22H16N4O4. The molecule has 5 aromatic rings. The van der Waals surface area contributed by atoms with Crippen molar-refractivity contribution in [2.75, 3.05) is 0 Å². The predicted octanol–water partition coefficient (Wildman–Crippen LogP) is 4.08. The van der Waals surface area contributed by atoms with Crippen molar-refractivity contribution in [3.63, 3.8) is 0 Å². The highest BCUT2D eigenvalue weighted by Gasteiger charge is 2.13. The van der Waals surface area contributed by atoms with Crippen molar-refractivity contribution in [3.05, 3.63) is 89.8 Å². The number of aromatic nitrogens is 4. The predicted molar refractivity (Wildman–Crippen MR) is 106 cm³/mol. The van der Waals surface area contributed by atoms with E-state index in [9.17, 15) is 4.79 Å². The minimum absolute atomic E-state index is 0.00966. The van der Waals surface area contributed by atoms with Crippen LogP contribution in [0.25, 0.3) is 22.6 Å². The van der Waals surface area contributed by atoms with Gasteiger partial charge in [-0.3, -0.25) is 0 Å². The van der Waals surface area contributed by atoms with Crippen molar-refractivity contribution in [1.82, 2.24) is 20.2 Å². The Bertz CT molecular complexity index is 1290. The highest BCUT2D eigenvalue weighted by Crippen LogP contribution is 2.21. The molecule has 0 saturated carbocycles. The number of hydrogen-bond acceptors (Lipinski definition) is 7. The molecule has 0 aliphatic heterocycles. The number of esters is 1. The molecule has 0 atom stereocenters. The molecule has 0 bridgehead atoms. The van der Waals surface area contributed by atoms with Gasteiger partial charge in [0, 0.05) is 6.07 Å². The topological polar surface area (TPSA) is 96.2 Å². The lowest BCUT2D eigenvalue weighted by Crippen LogP contribution is -2.06. The maximum Gasteiger partial charge on any atom is 0.338 e. The van der Waals surface area contributed by atoms with Crippen molar-refractivity contribution in [2.24, 2.45) is 0 Å². The average Bonchev–Trinajstić information content (AvgIpc) is 3.54. The van der Waals surface area contributed by atoms with Gasteiger partial charge in [-0.1, -0.05) is 34.6 Å². The van der Waals surface area contributed by atoms with Crippen LogP contribution in [0.5, 0.6) is 0 Å². The number of rotatable bonds is 6. The first-order valence-electron chi connectivity index (χ1n) is 9.30. The number of nitrogens with zero attached hydrogens (tertiary/aromatic N) is 4. The van der Waals surface area contributed by atoms with Crippen LogP contribution in [0.4, 0.5) is 0 Å². The van der Waals surface area contributed by atoms with Crippen LogP contribution in [0.15, 0.2) is 81.9 Å². The van der Waals surface area contributed by atoms with Crippen LogP contribution < -0.4 is 0 Å². The molecule has 8 nitrogen and oxygen atoms in total. The lowest BCUT2D eigenvalue weighted by atomic mass is 10.1. The Balaban J connectivity index is 1.21. The Morgan fingerprint density at radius 3 is 2.70 bits per heavy atom. The minimum Gasteiger partial charge on any atom is -0.461 e. The first-order valence-corrected chi connectivity index (χ1v) is 9.30. The molecule has 8 heteroatoms. The maximum absolute atomic E-state index is 12.3. The molecule has 3 heterocycles. The van der Waals surface area contributed by atoms with E-state index in [0.29, 0.717) is 29.3 Å². The summed E-state index contributed by atoms with van der Waals surface area (Å²) in [6, 6.07) is 20.2. The zero-order valence-corrected chi connectivity index (χ0v) is 15.8. The highest BCUT2D eigenvalue weighted by molar-refractivity contribution is 5.89. The normalized spacial score (nSPS) is 11.1. The second-order valence-corrected chi connectivity index (χ2v) is 6.67. The lowest BCUT2D eigenvalue weighted by Gasteiger charge is -2.05. The van der Waals surface area contributed by atoms with Gasteiger partial charge in [0.15, 0.2) is 5.76 Å². The second kappa shape index (κ2) is 7.67. The number of hydrogen-bond donors (Lipinski definition) is 0. The van der Waals surface area contributed by atoms with Gasteiger partial charge < -0.3 is 13.7 Å². The quantitative estimate of drug-likeness (QED) is 0.396. The number of para-hydroxylation sites is 1. The molecular weight excluding hydrogens is 384 g/mol. The fourth-order valence-corrected chi connectivity index (χ4v) is 3.09. The Morgan fingerprint density at radius 1 is 1.00 bits per heavy atom. The third-order valence-corrected chi connectivity index (χ3v) is 4.62. The number of carbonyl (C=O) groups excluding carboxylic acids is 1. The van der Waals surface area contributed by atoms with Crippen molar-refractivity contribution in [3.8, 4) is 11.5 Å². The third-order valence-electron chi connectivity index (χ3n) is 4.62. The molecule has 3 aromatic heterocycles. The van der Waals surface area contributed by atoms with Gasteiger partial charge >= 0.3 is 5.97 Å². The summed E-state index contributed by atoms with van der Waals surface area (Å²) in [6.45, 7) is 0.570. The van der Waals surface area contributed by atoms with Crippen LogP contribution in [0.1, 0.15) is 21.6 Å². The van der Waals surface area contributed by atoms with Crippen LogP contribution >= 0.6 is 0 Å². The largest absolute Gasteiger partial charge is 0.461 e. The van der Waals surface area contributed by atoms with Gasteiger partial charge in [0.05, 0.1) is 23.9 Å². The molecule has 0 amide bonds. The molecule has 2 aromatic carbocycles. The molecule has 0 saturated heterocycles. The second-order valence-electron chi connectivity index (χ2n) is 6.67. The molecule has 148 valence electrons. The van der Waals surface area contributed by atoms with E-state index in [4.69, 9.17) is 13.7 Å². The first kappa shape index (κ1) is 17.9. The van der Waals surface area contributed by atoms with Gasteiger partial charge in [-0.2, -0.15) is 0 Å². The summed E-state index contributed by atoms with van der Waals surface area (Å²) in [5.74, 6) is 0.613. The standard InChI is InChI=1S/C22H16N4O4/c27-22(29-14-17-12-21(30-24-17)20-6-3-11-28-20)16-9-7-15(8-10-16)13-26-19-5-2-1-4-18(19)23-25-26/h1-12H,13-14H2. The molecule has 0 radical (unpaired) electrons. The summed E-state index contributed by atoms with van der Waals surface area (Å²) in [6.07, 6.45) is 1.55.